The zero-order valence-electron chi connectivity index (χ0n) is 11.4. The van der Waals surface area contributed by atoms with Crippen molar-refractivity contribution in [1.82, 2.24) is 5.32 Å². The van der Waals surface area contributed by atoms with Crippen LogP contribution in [0.4, 0.5) is 0 Å². The number of thioether (sulfide) groups is 1. The van der Waals surface area contributed by atoms with Gasteiger partial charge in [0.15, 0.2) is 0 Å². The Morgan fingerprint density at radius 3 is 2.25 bits per heavy atom. The van der Waals surface area contributed by atoms with Crippen LogP contribution < -0.4 is 5.32 Å². The van der Waals surface area contributed by atoms with Crippen molar-refractivity contribution in [1.29, 1.82) is 0 Å². The molecule has 2 rings (SSSR count). The Kier molecular flexibility index (Phi) is 5.84. The maximum Gasteiger partial charge on any atom is 0.0696 e. The highest BCUT2D eigenvalue weighted by Crippen LogP contribution is 2.19. The standard InChI is InChI=1S/C17H17NS2/c1-18-17(20-13-14-8-4-2-5-9-14)12-16(19)15-10-6-3-7-11-15/h2-12,18H,13H2,1H3/b17-12+. The quantitative estimate of drug-likeness (QED) is 0.482. The van der Waals surface area contributed by atoms with Crippen molar-refractivity contribution in [2.75, 3.05) is 7.05 Å². The van der Waals surface area contributed by atoms with E-state index >= 15 is 0 Å². The fraction of sp³-hybridized carbons (Fsp3) is 0.118. The minimum Gasteiger partial charge on any atom is -0.383 e. The first-order chi connectivity index (χ1) is 9.79. The lowest BCUT2D eigenvalue weighted by Gasteiger charge is -2.07. The predicted molar refractivity (Wildman–Crippen MR) is 93.0 cm³/mol. The molecule has 0 fully saturated rings. The van der Waals surface area contributed by atoms with E-state index in [1.807, 2.05) is 49.5 Å². The normalized spacial score (nSPS) is 11.2. The van der Waals surface area contributed by atoms with E-state index in [-0.39, 0.29) is 0 Å². The summed E-state index contributed by atoms with van der Waals surface area (Å²) in [6.45, 7) is 0. The summed E-state index contributed by atoms with van der Waals surface area (Å²) in [7, 11) is 1.93. The first-order valence-corrected chi connectivity index (χ1v) is 7.84. The Balaban J connectivity index is 2.01. The molecule has 0 aromatic heterocycles. The van der Waals surface area contributed by atoms with Gasteiger partial charge in [0.05, 0.1) is 5.03 Å². The van der Waals surface area contributed by atoms with Crippen LogP contribution in [0.1, 0.15) is 11.1 Å². The molecule has 0 spiro atoms. The van der Waals surface area contributed by atoms with Crippen LogP contribution in [0.5, 0.6) is 0 Å². The minimum atomic E-state index is 0.857. The monoisotopic (exact) mass is 299 g/mol. The van der Waals surface area contributed by atoms with Gasteiger partial charge in [0.1, 0.15) is 0 Å². The van der Waals surface area contributed by atoms with Gasteiger partial charge in [0.25, 0.3) is 0 Å². The van der Waals surface area contributed by atoms with Crippen LogP contribution in [0.2, 0.25) is 0 Å². The number of hydrogen-bond donors (Lipinski definition) is 1. The second-order valence-electron chi connectivity index (χ2n) is 4.26. The van der Waals surface area contributed by atoms with Crippen molar-refractivity contribution in [3.05, 3.63) is 82.9 Å². The Bertz CT molecular complexity index is 576. The summed E-state index contributed by atoms with van der Waals surface area (Å²) in [6, 6.07) is 20.5. The summed E-state index contributed by atoms with van der Waals surface area (Å²) in [4.78, 5) is 0.857. The van der Waals surface area contributed by atoms with Gasteiger partial charge in [0.2, 0.25) is 0 Å². The van der Waals surface area contributed by atoms with Gasteiger partial charge < -0.3 is 5.32 Å². The largest absolute Gasteiger partial charge is 0.383 e. The number of nitrogens with one attached hydrogen (secondary N) is 1. The fourth-order valence-corrected chi connectivity index (χ4v) is 2.91. The smallest absolute Gasteiger partial charge is 0.0696 e. The van der Waals surface area contributed by atoms with Crippen LogP contribution in [-0.4, -0.2) is 11.9 Å². The van der Waals surface area contributed by atoms with Gasteiger partial charge >= 0.3 is 0 Å². The van der Waals surface area contributed by atoms with Gasteiger partial charge in [0, 0.05) is 17.7 Å². The van der Waals surface area contributed by atoms with E-state index in [2.05, 4.69) is 29.6 Å². The molecule has 102 valence electrons. The molecule has 0 bridgehead atoms. The summed E-state index contributed by atoms with van der Waals surface area (Å²) < 4.78 is 0. The van der Waals surface area contributed by atoms with E-state index in [9.17, 15) is 0 Å². The third-order valence-electron chi connectivity index (χ3n) is 2.80. The van der Waals surface area contributed by atoms with E-state index in [0.717, 1.165) is 21.2 Å². The highest BCUT2D eigenvalue weighted by atomic mass is 32.2. The van der Waals surface area contributed by atoms with Crippen molar-refractivity contribution >= 4 is 28.8 Å². The van der Waals surface area contributed by atoms with Crippen LogP contribution in [0.15, 0.2) is 71.8 Å². The Labute approximate surface area is 130 Å². The maximum atomic E-state index is 5.46. The van der Waals surface area contributed by atoms with Crippen LogP contribution >= 0.6 is 24.0 Å². The van der Waals surface area contributed by atoms with E-state index < -0.39 is 0 Å². The van der Waals surface area contributed by atoms with Crippen LogP contribution in [-0.2, 0) is 5.75 Å². The topological polar surface area (TPSA) is 12.0 Å². The van der Waals surface area contributed by atoms with Gasteiger partial charge in [-0.15, -0.1) is 11.8 Å². The molecule has 0 heterocycles. The molecule has 0 radical (unpaired) electrons. The molecule has 2 aromatic carbocycles. The van der Waals surface area contributed by atoms with E-state index in [1.54, 1.807) is 11.8 Å². The number of allylic oxidation sites excluding steroid dienone is 1. The average Bonchev–Trinajstić information content (AvgIpc) is 2.53. The molecule has 20 heavy (non-hydrogen) atoms. The van der Waals surface area contributed by atoms with E-state index in [1.165, 1.54) is 5.56 Å². The minimum absolute atomic E-state index is 0.857. The molecule has 0 amide bonds. The molecular weight excluding hydrogens is 282 g/mol. The zero-order chi connectivity index (χ0) is 14.2. The number of benzene rings is 2. The van der Waals surface area contributed by atoms with Gasteiger partial charge in [-0.3, -0.25) is 0 Å². The van der Waals surface area contributed by atoms with E-state index in [0.29, 0.717) is 0 Å². The third-order valence-corrected chi connectivity index (χ3v) is 4.27. The van der Waals surface area contributed by atoms with Crippen molar-refractivity contribution in [2.24, 2.45) is 0 Å². The third kappa shape index (κ3) is 4.51. The molecular formula is C17H17NS2. The SMILES string of the molecule is CN/C(=C\C(=S)c1ccccc1)SCc1ccccc1. The Morgan fingerprint density at radius 2 is 1.65 bits per heavy atom. The van der Waals surface area contributed by atoms with Crippen LogP contribution in [0, 0.1) is 0 Å². The molecule has 3 heteroatoms. The molecule has 0 atom stereocenters. The predicted octanol–water partition coefficient (Wildman–Crippen LogP) is 4.40. The second-order valence-corrected chi connectivity index (χ2v) is 5.72. The average molecular weight is 299 g/mol. The van der Waals surface area contributed by atoms with Crippen molar-refractivity contribution < 1.29 is 0 Å². The molecule has 1 nitrogen and oxygen atoms in total. The molecule has 0 aliphatic heterocycles. The molecule has 0 aliphatic rings. The first kappa shape index (κ1) is 14.8. The van der Waals surface area contributed by atoms with Crippen molar-refractivity contribution in [2.45, 2.75) is 5.75 Å². The van der Waals surface area contributed by atoms with Crippen molar-refractivity contribution in [3.8, 4) is 0 Å². The summed E-state index contributed by atoms with van der Waals surface area (Å²) in [6.07, 6.45) is 2.03. The molecule has 0 saturated carbocycles. The number of thiocarbonyl (C=S) groups is 1. The second kappa shape index (κ2) is 7.88. The zero-order valence-corrected chi connectivity index (χ0v) is 13.0. The van der Waals surface area contributed by atoms with Gasteiger partial charge in [-0.05, 0) is 17.2 Å². The summed E-state index contributed by atoms with van der Waals surface area (Å²) in [5.41, 5.74) is 2.39. The summed E-state index contributed by atoms with van der Waals surface area (Å²) >= 11 is 7.22. The summed E-state index contributed by atoms with van der Waals surface area (Å²) in [5.74, 6) is 0.935. The highest BCUT2D eigenvalue weighted by molar-refractivity contribution is 8.02. The summed E-state index contributed by atoms with van der Waals surface area (Å²) in [5, 5.41) is 4.30. The molecule has 0 unspecified atom stereocenters. The van der Waals surface area contributed by atoms with Gasteiger partial charge in [-0.1, -0.05) is 72.9 Å². The number of rotatable bonds is 6. The maximum absolute atomic E-state index is 5.46. The van der Waals surface area contributed by atoms with Crippen molar-refractivity contribution in [3.63, 3.8) is 0 Å². The van der Waals surface area contributed by atoms with E-state index in [4.69, 9.17) is 12.2 Å². The van der Waals surface area contributed by atoms with Gasteiger partial charge in [-0.25, -0.2) is 0 Å². The number of hydrogen-bond acceptors (Lipinski definition) is 3. The lowest BCUT2D eigenvalue weighted by molar-refractivity contribution is 1.08. The first-order valence-electron chi connectivity index (χ1n) is 6.45. The fourth-order valence-electron chi connectivity index (χ4n) is 1.73. The lowest BCUT2D eigenvalue weighted by Crippen LogP contribution is -2.05. The lowest BCUT2D eigenvalue weighted by atomic mass is 10.1. The molecule has 2 aromatic rings. The molecule has 1 N–H and O–H groups in total. The van der Waals surface area contributed by atoms with Gasteiger partial charge in [-0.2, -0.15) is 0 Å². The molecule has 0 aliphatic carbocycles. The van der Waals surface area contributed by atoms with Crippen LogP contribution in [0.25, 0.3) is 0 Å². The Hall–Kier alpha value is -1.58. The Morgan fingerprint density at radius 1 is 1.05 bits per heavy atom. The highest BCUT2D eigenvalue weighted by Gasteiger charge is 2.01. The molecule has 0 saturated heterocycles. The van der Waals surface area contributed by atoms with Crippen LogP contribution in [0.3, 0.4) is 0 Å².